The Morgan fingerprint density at radius 1 is 1.24 bits per heavy atom. The Balaban J connectivity index is 1.65. The quantitative estimate of drug-likeness (QED) is 0.684. The van der Waals surface area contributed by atoms with Crippen molar-refractivity contribution in [3.05, 3.63) is 59.1 Å². The zero-order chi connectivity index (χ0) is 18.0. The fraction of sp³-hybridized carbons (Fsp3) is 0.222. The van der Waals surface area contributed by atoms with Crippen molar-refractivity contribution < 1.29 is 18.3 Å². The third-order valence-electron chi connectivity index (χ3n) is 3.90. The number of ether oxygens (including phenoxy) is 1. The molecular weight excluding hydrogens is 346 g/mol. The minimum absolute atomic E-state index is 0.105. The van der Waals surface area contributed by atoms with Crippen LogP contribution in [0.4, 0.5) is 8.78 Å². The number of rotatable bonds is 5. The van der Waals surface area contributed by atoms with Gasteiger partial charge < -0.3 is 9.64 Å². The number of amides is 1. The van der Waals surface area contributed by atoms with Crippen molar-refractivity contribution >= 4 is 27.5 Å². The van der Waals surface area contributed by atoms with Gasteiger partial charge in [0.25, 0.3) is 5.91 Å². The van der Waals surface area contributed by atoms with Crippen molar-refractivity contribution in [2.24, 2.45) is 0 Å². The summed E-state index contributed by atoms with van der Waals surface area (Å²) in [4.78, 5) is 18.4. The first kappa shape index (κ1) is 17.3. The number of hydrogen-bond donors (Lipinski definition) is 0. The molecule has 0 saturated heterocycles. The fourth-order valence-electron chi connectivity index (χ4n) is 2.26. The van der Waals surface area contributed by atoms with Crippen LogP contribution in [-0.4, -0.2) is 29.4 Å². The molecule has 1 heterocycles. The number of nitrogens with zero attached hydrogens (tertiary/aromatic N) is 2. The van der Waals surface area contributed by atoms with Gasteiger partial charge in [-0.15, -0.1) is 11.3 Å². The second-order valence-corrected chi connectivity index (χ2v) is 6.63. The fourth-order valence-corrected chi connectivity index (χ4v) is 3.33. The summed E-state index contributed by atoms with van der Waals surface area (Å²) in [6.07, 6.45) is 0. The SMILES string of the molecule is C[C@H](c1nc2ccccc2s1)N(C)C(=O)COc1ccc(F)c(F)c1. The summed E-state index contributed by atoms with van der Waals surface area (Å²) in [5.74, 6) is -2.15. The molecule has 1 aromatic heterocycles. The normalized spacial score (nSPS) is 12.2. The Kier molecular flexibility index (Phi) is 4.94. The summed E-state index contributed by atoms with van der Waals surface area (Å²) in [7, 11) is 1.66. The first-order valence-electron chi connectivity index (χ1n) is 7.64. The van der Waals surface area contributed by atoms with Gasteiger partial charge in [0.2, 0.25) is 0 Å². The van der Waals surface area contributed by atoms with Gasteiger partial charge >= 0.3 is 0 Å². The Bertz CT molecular complexity index is 880. The average Bonchev–Trinajstić information content (AvgIpc) is 3.05. The van der Waals surface area contributed by atoms with Gasteiger partial charge in [0.05, 0.1) is 16.3 Å². The monoisotopic (exact) mass is 362 g/mol. The van der Waals surface area contributed by atoms with Gasteiger partial charge in [0, 0.05) is 13.1 Å². The summed E-state index contributed by atoms with van der Waals surface area (Å²) < 4.78 is 32.4. The number of thiazole rings is 1. The molecule has 1 atom stereocenters. The number of benzene rings is 2. The summed E-state index contributed by atoms with van der Waals surface area (Å²) in [6, 6.07) is 10.7. The average molecular weight is 362 g/mol. The first-order chi connectivity index (χ1) is 12.0. The lowest BCUT2D eigenvalue weighted by molar-refractivity contribution is -0.134. The van der Waals surface area contributed by atoms with Crippen LogP contribution in [0.3, 0.4) is 0 Å². The summed E-state index contributed by atoms with van der Waals surface area (Å²) in [5.41, 5.74) is 0.897. The summed E-state index contributed by atoms with van der Waals surface area (Å²) >= 11 is 1.53. The molecule has 0 saturated carbocycles. The molecule has 0 N–H and O–H groups in total. The van der Waals surface area contributed by atoms with E-state index in [4.69, 9.17) is 4.74 Å². The van der Waals surface area contributed by atoms with Crippen molar-refractivity contribution in [1.29, 1.82) is 0 Å². The maximum absolute atomic E-state index is 13.2. The smallest absolute Gasteiger partial charge is 0.260 e. The molecule has 0 radical (unpaired) electrons. The van der Waals surface area contributed by atoms with E-state index in [9.17, 15) is 13.6 Å². The van der Waals surface area contributed by atoms with Gasteiger partial charge in [-0.2, -0.15) is 0 Å². The van der Waals surface area contributed by atoms with Crippen molar-refractivity contribution in [2.75, 3.05) is 13.7 Å². The molecule has 0 fully saturated rings. The van der Waals surface area contributed by atoms with Crippen LogP contribution in [-0.2, 0) is 4.79 Å². The second-order valence-electron chi connectivity index (χ2n) is 5.57. The lowest BCUT2D eigenvalue weighted by Gasteiger charge is -2.23. The molecule has 4 nitrogen and oxygen atoms in total. The van der Waals surface area contributed by atoms with E-state index in [0.29, 0.717) is 0 Å². The van der Waals surface area contributed by atoms with Crippen LogP contribution in [0.1, 0.15) is 18.0 Å². The highest BCUT2D eigenvalue weighted by atomic mass is 32.1. The number of hydrogen-bond acceptors (Lipinski definition) is 4. The van der Waals surface area contributed by atoms with Gasteiger partial charge in [-0.1, -0.05) is 12.1 Å². The highest BCUT2D eigenvalue weighted by Gasteiger charge is 2.21. The Morgan fingerprint density at radius 2 is 2.00 bits per heavy atom. The highest BCUT2D eigenvalue weighted by molar-refractivity contribution is 7.18. The molecule has 7 heteroatoms. The number of carbonyl (C=O) groups excluding carboxylic acids is 1. The van der Waals surface area contributed by atoms with E-state index in [1.54, 1.807) is 7.05 Å². The molecule has 2 aromatic carbocycles. The van der Waals surface area contributed by atoms with Crippen LogP contribution in [0.5, 0.6) is 5.75 Å². The molecule has 3 aromatic rings. The van der Waals surface area contributed by atoms with E-state index in [1.807, 2.05) is 31.2 Å². The van der Waals surface area contributed by atoms with Gasteiger partial charge in [-0.3, -0.25) is 4.79 Å². The van der Waals surface area contributed by atoms with E-state index in [2.05, 4.69) is 4.98 Å². The molecule has 0 bridgehead atoms. The largest absolute Gasteiger partial charge is 0.484 e. The van der Waals surface area contributed by atoms with Crippen molar-refractivity contribution in [1.82, 2.24) is 9.88 Å². The molecule has 0 spiro atoms. The molecule has 3 rings (SSSR count). The van der Waals surface area contributed by atoms with Crippen LogP contribution in [0.15, 0.2) is 42.5 Å². The van der Waals surface area contributed by atoms with Gasteiger partial charge in [-0.25, -0.2) is 13.8 Å². The van der Waals surface area contributed by atoms with E-state index in [0.717, 1.165) is 27.4 Å². The molecule has 0 unspecified atom stereocenters. The van der Waals surface area contributed by atoms with E-state index in [1.165, 1.54) is 22.3 Å². The van der Waals surface area contributed by atoms with E-state index in [-0.39, 0.29) is 24.3 Å². The third-order valence-corrected chi connectivity index (χ3v) is 5.10. The van der Waals surface area contributed by atoms with E-state index < -0.39 is 11.6 Å². The minimum Gasteiger partial charge on any atom is -0.484 e. The second kappa shape index (κ2) is 7.14. The Labute approximate surface area is 147 Å². The van der Waals surface area contributed by atoms with Gasteiger partial charge in [0.15, 0.2) is 18.2 Å². The molecule has 1 amide bonds. The van der Waals surface area contributed by atoms with Crippen LogP contribution in [0.2, 0.25) is 0 Å². The summed E-state index contributed by atoms with van der Waals surface area (Å²) in [6.45, 7) is 1.62. The lowest BCUT2D eigenvalue weighted by Crippen LogP contribution is -2.33. The van der Waals surface area contributed by atoms with E-state index >= 15 is 0 Å². The zero-order valence-electron chi connectivity index (χ0n) is 13.7. The van der Waals surface area contributed by atoms with Crippen molar-refractivity contribution in [3.8, 4) is 5.75 Å². The molecule has 0 aliphatic heterocycles. The third kappa shape index (κ3) is 3.76. The number of aromatic nitrogens is 1. The Hall–Kier alpha value is -2.54. The number of likely N-dealkylation sites (N-methyl/N-ethyl adjacent to an activating group) is 1. The first-order valence-corrected chi connectivity index (χ1v) is 8.46. The number of halogens is 2. The van der Waals surface area contributed by atoms with Crippen molar-refractivity contribution in [3.63, 3.8) is 0 Å². The highest BCUT2D eigenvalue weighted by Crippen LogP contribution is 2.28. The predicted octanol–water partition coefficient (Wildman–Crippen LogP) is 4.17. The molecule has 0 aliphatic carbocycles. The standard InChI is InChI=1S/C18H16F2N2O2S/c1-11(18-21-15-5-3-4-6-16(15)25-18)22(2)17(23)10-24-12-7-8-13(19)14(20)9-12/h3-9,11H,10H2,1-2H3/t11-/m1/s1. The minimum atomic E-state index is -1.01. The molecule has 0 aliphatic rings. The van der Waals surface area contributed by atoms with Crippen LogP contribution >= 0.6 is 11.3 Å². The Morgan fingerprint density at radius 3 is 2.72 bits per heavy atom. The van der Waals surface area contributed by atoms with Crippen LogP contribution < -0.4 is 4.74 Å². The molecule has 25 heavy (non-hydrogen) atoms. The van der Waals surface area contributed by atoms with Crippen molar-refractivity contribution in [2.45, 2.75) is 13.0 Å². The zero-order valence-corrected chi connectivity index (χ0v) is 14.5. The number of carbonyl (C=O) groups is 1. The topological polar surface area (TPSA) is 42.4 Å². The maximum Gasteiger partial charge on any atom is 0.260 e. The van der Waals surface area contributed by atoms with Gasteiger partial charge in [0.1, 0.15) is 10.8 Å². The lowest BCUT2D eigenvalue weighted by atomic mass is 10.3. The maximum atomic E-state index is 13.2. The predicted molar refractivity (Wildman–Crippen MR) is 92.7 cm³/mol. The number of fused-ring (bicyclic) bond motifs is 1. The number of para-hydroxylation sites is 1. The summed E-state index contributed by atoms with van der Waals surface area (Å²) in [5, 5.41) is 0.824. The van der Waals surface area contributed by atoms with Crippen LogP contribution in [0.25, 0.3) is 10.2 Å². The van der Waals surface area contributed by atoms with Gasteiger partial charge in [-0.05, 0) is 31.2 Å². The molecular formula is C18H16F2N2O2S. The molecule has 130 valence electrons. The van der Waals surface area contributed by atoms with Crippen LogP contribution in [0, 0.1) is 11.6 Å².